The standard InChI is InChI=1S/C27H36O7/c1-6-11-20-23(12-9-13-24(20)34-27(5,8-3)26(30)31)32-14-10-15-33-25-17-22(29)21(18(4)28)16-19(25)7-2/h9,12-13,16-17,29H,6-8,10-11,14-15H2,1-5H3,(H,30,31). The van der Waals surface area contributed by atoms with E-state index in [0.717, 1.165) is 17.5 Å². The first-order chi connectivity index (χ1) is 16.2. The maximum atomic E-state index is 11.7. The highest BCUT2D eigenvalue weighted by Gasteiger charge is 2.34. The molecule has 0 saturated heterocycles. The van der Waals surface area contributed by atoms with Crippen LogP contribution in [0.1, 0.15) is 75.4 Å². The molecule has 0 amide bonds. The SMILES string of the molecule is CCCc1c(OCCCOc2cc(O)c(C(C)=O)cc2CC)cccc1OC(C)(CC)C(=O)O. The number of carboxylic acids is 1. The molecule has 0 fully saturated rings. The summed E-state index contributed by atoms with van der Waals surface area (Å²) in [6.45, 7) is 9.55. The molecule has 0 aliphatic carbocycles. The molecule has 0 aliphatic rings. The van der Waals surface area contributed by atoms with Gasteiger partial charge >= 0.3 is 5.97 Å². The highest BCUT2D eigenvalue weighted by atomic mass is 16.5. The number of rotatable bonds is 14. The van der Waals surface area contributed by atoms with Gasteiger partial charge in [-0.25, -0.2) is 4.79 Å². The zero-order chi connectivity index (χ0) is 25.3. The molecule has 0 spiro atoms. The number of Topliss-reactive ketones (excluding diaryl/α,β-unsaturated/α-hetero) is 1. The van der Waals surface area contributed by atoms with Gasteiger partial charge in [0.15, 0.2) is 5.78 Å². The number of aryl methyl sites for hydroxylation is 1. The average Bonchev–Trinajstić information content (AvgIpc) is 2.80. The van der Waals surface area contributed by atoms with Crippen LogP contribution in [0.3, 0.4) is 0 Å². The van der Waals surface area contributed by atoms with E-state index in [2.05, 4.69) is 0 Å². The lowest BCUT2D eigenvalue weighted by Crippen LogP contribution is -2.41. The second kappa shape index (κ2) is 12.3. The lowest BCUT2D eigenvalue weighted by Gasteiger charge is -2.27. The van der Waals surface area contributed by atoms with Crippen LogP contribution in [-0.2, 0) is 17.6 Å². The fraction of sp³-hybridized carbons (Fsp3) is 0.481. The maximum absolute atomic E-state index is 11.7. The smallest absolute Gasteiger partial charge is 0.347 e. The van der Waals surface area contributed by atoms with Crippen molar-refractivity contribution in [3.05, 3.63) is 47.0 Å². The third-order valence-corrected chi connectivity index (χ3v) is 5.80. The first kappa shape index (κ1) is 27.0. The summed E-state index contributed by atoms with van der Waals surface area (Å²) in [5, 5.41) is 19.7. The lowest BCUT2D eigenvalue weighted by molar-refractivity contribution is -0.154. The van der Waals surface area contributed by atoms with Crippen LogP contribution in [0, 0.1) is 0 Å². The van der Waals surface area contributed by atoms with E-state index in [-0.39, 0.29) is 11.5 Å². The van der Waals surface area contributed by atoms with Crippen molar-refractivity contribution >= 4 is 11.8 Å². The van der Waals surface area contributed by atoms with Crippen molar-refractivity contribution in [3.63, 3.8) is 0 Å². The van der Waals surface area contributed by atoms with Gasteiger partial charge in [-0.1, -0.05) is 33.3 Å². The first-order valence-electron chi connectivity index (χ1n) is 11.8. The number of carbonyl (C=O) groups excluding carboxylic acids is 1. The molecule has 2 aromatic carbocycles. The van der Waals surface area contributed by atoms with E-state index in [4.69, 9.17) is 14.2 Å². The Balaban J connectivity index is 2.04. The minimum absolute atomic E-state index is 0.0857. The normalized spacial score (nSPS) is 12.6. The van der Waals surface area contributed by atoms with Crippen LogP contribution in [0.2, 0.25) is 0 Å². The van der Waals surface area contributed by atoms with E-state index in [1.165, 1.54) is 13.0 Å². The molecule has 0 radical (unpaired) electrons. The zero-order valence-corrected chi connectivity index (χ0v) is 20.8. The number of ether oxygens (including phenoxy) is 3. The molecule has 0 heterocycles. The van der Waals surface area contributed by atoms with Gasteiger partial charge in [0.1, 0.15) is 23.0 Å². The molecule has 1 unspecified atom stereocenters. The fourth-order valence-corrected chi connectivity index (χ4v) is 3.51. The largest absolute Gasteiger partial charge is 0.507 e. The Hall–Kier alpha value is -3.22. The van der Waals surface area contributed by atoms with Gasteiger partial charge in [-0.05, 0) is 56.9 Å². The molecule has 2 N–H and O–H groups in total. The van der Waals surface area contributed by atoms with Crippen LogP contribution in [-0.4, -0.2) is 40.8 Å². The molecule has 7 nitrogen and oxygen atoms in total. The minimum atomic E-state index is -1.31. The predicted octanol–water partition coefficient (Wildman–Crippen LogP) is 5.59. The van der Waals surface area contributed by atoms with Crippen LogP contribution >= 0.6 is 0 Å². The van der Waals surface area contributed by atoms with Crippen LogP contribution < -0.4 is 14.2 Å². The van der Waals surface area contributed by atoms with Crippen LogP contribution in [0.15, 0.2) is 30.3 Å². The highest BCUT2D eigenvalue weighted by Crippen LogP contribution is 2.34. The summed E-state index contributed by atoms with van der Waals surface area (Å²) in [4.78, 5) is 23.3. The third kappa shape index (κ3) is 6.65. The van der Waals surface area contributed by atoms with Gasteiger partial charge in [-0.3, -0.25) is 4.79 Å². The molecule has 186 valence electrons. The molecule has 0 aliphatic heterocycles. The number of hydrogen-bond donors (Lipinski definition) is 2. The Bertz CT molecular complexity index is 999. The summed E-state index contributed by atoms with van der Waals surface area (Å²) in [7, 11) is 0. The van der Waals surface area contributed by atoms with E-state index < -0.39 is 11.6 Å². The van der Waals surface area contributed by atoms with E-state index in [1.54, 1.807) is 32.0 Å². The van der Waals surface area contributed by atoms with Gasteiger partial charge in [-0.15, -0.1) is 0 Å². The zero-order valence-electron chi connectivity index (χ0n) is 20.8. The van der Waals surface area contributed by atoms with Crippen molar-refractivity contribution in [2.45, 2.75) is 72.3 Å². The molecule has 2 aromatic rings. The number of hydrogen-bond acceptors (Lipinski definition) is 6. The summed E-state index contributed by atoms with van der Waals surface area (Å²) >= 11 is 0. The number of aliphatic carboxylic acids is 1. The molecule has 0 saturated carbocycles. The molecule has 7 heteroatoms. The second-order valence-electron chi connectivity index (χ2n) is 8.41. The quantitative estimate of drug-likeness (QED) is 0.273. The lowest BCUT2D eigenvalue weighted by atomic mass is 10.0. The monoisotopic (exact) mass is 472 g/mol. The second-order valence-corrected chi connectivity index (χ2v) is 8.41. The molecular weight excluding hydrogens is 436 g/mol. The number of phenolic OH excluding ortho intramolecular Hbond substituents is 1. The topological polar surface area (TPSA) is 102 Å². The van der Waals surface area contributed by atoms with Crippen molar-refractivity contribution in [1.82, 2.24) is 0 Å². The molecule has 2 rings (SSSR count). The van der Waals surface area contributed by atoms with Gasteiger partial charge in [0, 0.05) is 18.1 Å². The molecular formula is C27H36O7. The van der Waals surface area contributed by atoms with Gasteiger partial charge in [0.2, 0.25) is 5.60 Å². The highest BCUT2D eigenvalue weighted by molar-refractivity contribution is 5.97. The van der Waals surface area contributed by atoms with Gasteiger partial charge in [0.05, 0.1) is 18.8 Å². The van der Waals surface area contributed by atoms with Crippen LogP contribution in [0.5, 0.6) is 23.0 Å². The van der Waals surface area contributed by atoms with Crippen molar-refractivity contribution < 1.29 is 34.0 Å². The number of phenols is 1. The molecule has 0 aromatic heterocycles. The number of benzene rings is 2. The Labute approximate surface area is 201 Å². The van der Waals surface area contributed by atoms with Crippen molar-refractivity contribution in [2.24, 2.45) is 0 Å². The Morgan fingerprint density at radius 2 is 1.65 bits per heavy atom. The first-order valence-corrected chi connectivity index (χ1v) is 11.8. The number of ketones is 1. The van der Waals surface area contributed by atoms with Crippen molar-refractivity contribution in [3.8, 4) is 23.0 Å². The fourth-order valence-electron chi connectivity index (χ4n) is 3.51. The van der Waals surface area contributed by atoms with Gasteiger partial charge in [-0.2, -0.15) is 0 Å². The van der Waals surface area contributed by atoms with Gasteiger partial charge in [0.25, 0.3) is 0 Å². The molecule has 34 heavy (non-hydrogen) atoms. The summed E-state index contributed by atoms with van der Waals surface area (Å²) < 4.78 is 17.8. The summed E-state index contributed by atoms with van der Waals surface area (Å²) in [5.74, 6) is 0.465. The number of carboxylic acid groups (broad SMARTS) is 1. The summed E-state index contributed by atoms with van der Waals surface area (Å²) in [5.41, 5.74) is 0.691. The van der Waals surface area contributed by atoms with Crippen LogP contribution in [0.25, 0.3) is 0 Å². The summed E-state index contributed by atoms with van der Waals surface area (Å²) in [6.07, 6.45) is 3.15. The van der Waals surface area contributed by atoms with Crippen molar-refractivity contribution in [1.29, 1.82) is 0 Å². The van der Waals surface area contributed by atoms with E-state index in [1.807, 2.05) is 19.9 Å². The van der Waals surface area contributed by atoms with E-state index in [0.29, 0.717) is 61.7 Å². The predicted molar refractivity (Wildman–Crippen MR) is 130 cm³/mol. The van der Waals surface area contributed by atoms with E-state index in [9.17, 15) is 19.8 Å². The third-order valence-electron chi connectivity index (χ3n) is 5.80. The number of carbonyl (C=O) groups is 2. The Morgan fingerprint density at radius 3 is 2.21 bits per heavy atom. The Morgan fingerprint density at radius 1 is 1.00 bits per heavy atom. The van der Waals surface area contributed by atoms with E-state index >= 15 is 0 Å². The Kier molecular flexibility index (Phi) is 9.78. The maximum Gasteiger partial charge on any atom is 0.347 e. The summed E-state index contributed by atoms with van der Waals surface area (Å²) in [6, 6.07) is 8.60. The number of aromatic hydroxyl groups is 1. The molecule has 1 atom stereocenters. The minimum Gasteiger partial charge on any atom is -0.507 e. The molecule has 0 bridgehead atoms. The van der Waals surface area contributed by atoms with Gasteiger partial charge < -0.3 is 24.4 Å². The average molecular weight is 473 g/mol. The van der Waals surface area contributed by atoms with Crippen LogP contribution in [0.4, 0.5) is 0 Å². The van der Waals surface area contributed by atoms with Crippen molar-refractivity contribution in [2.75, 3.05) is 13.2 Å².